The molecule has 0 fully saturated rings. The number of thiocarbonyl (C=S) groups is 1. The van der Waals surface area contributed by atoms with Crippen LogP contribution in [0.2, 0.25) is 5.02 Å². The molecule has 0 aliphatic rings. The van der Waals surface area contributed by atoms with E-state index in [-0.39, 0.29) is 0 Å². The summed E-state index contributed by atoms with van der Waals surface area (Å²) in [6.45, 7) is 4.81. The molecule has 0 saturated heterocycles. The van der Waals surface area contributed by atoms with E-state index in [1.807, 2.05) is 31.2 Å². The molecule has 3 nitrogen and oxygen atoms in total. The van der Waals surface area contributed by atoms with Gasteiger partial charge in [-0.2, -0.15) is 0 Å². The summed E-state index contributed by atoms with van der Waals surface area (Å²) in [6.07, 6.45) is 0. The summed E-state index contributed by atoms with van der Waals surface area (Å²) in [5.74, 6) is 0.954. The van der Waals surface area contributed by atoms with E-state index in [0.717, 1.165) is 23.2 Å². The number of thioether (sulfide) groups is 1. The molecule has 2 N–H and O–H groups in total. The van der Waals surface area contributed by atoms with Crippen LogP contribution in [0.15, 0.2) is 29.3 Å². The fourth-order valence-corrected chi connectivity index (χ4v) is 2.27. The third-order valence-electron chi connectivity index (χ3n) is 1.91. The zero-order valence-electron chi connectivity index (χ0n) is 10.4. The first-order chi connectivity index (χ1) is 8.65. The standard InChI is InChI=1S/C12H16ClN3S2/c1-3-14-12(18-4-2)16-11(17)15-10-7-5-9(13)6-8-10/h5-8H,3-4H2,1-2H3,(H2,14,15,16,17). The number of hydrogen-bond acceptors (Lipinski definition) is 3. The highest BCUT2D eigenvalue weighted by Gasteiger charge is 2.02. The lowest BCUT2D eigenvalue weighted by Gasteiger charge is -2.11. The van der Waals surface area contributed by atoms with Crippen LogP contribution in [-0.4, -0.2) is 22.6 Å². The Morgan fingerprint density at radius 3 is 2.56 bits per heavy atom. The van der Waals surface area contributed by atoms with Gasteiger partial charge in [0.1, 0.15) is 0 Å². The van der Waals surface area contributed by atoms with Gasteiger partial charge in [-0.25, -0.2) is 0 Å². The van der Waals surface area contributed by atoms with Crippen LogP contribution >= 0.6 is 35.6 Å². The van der Waals surface area contributed by atoms with Gasteiger partial charge in [0.15, 0.2) is 10.3 Å². The Morgan fingerprint density at radius 2 is 2.00 bits per heavy atom. The van der Waals surface area contributed by atoms with Gasteiger partial charge in [0.05, 0.1) is 0 Å². The Kier molecular flexibility index (Phi) is 7.08. The van der Waals surface area contributed by atoms with Crippen LogP contribution in [-0.2, 0) is 0 Å². The molecule has 0 aliphatic heterocycles. The number of halogens is 1. The summed E-state index contributed by atoms with van der Waals surface area (Å²) in [5.41, 5.74) is 0.897. The molecule has 0 aromatic heterocycles. The van der Waals surface area contributed by atoms with Crippen molar-refractivity contribution in [2.24, 2.45) is 4.99 Å². The highest BCUT2D eigenvalue weighted by Crippen LogP contribution is 2.13. The maximum Gasteiger partial charge on any atom is 0.176 e. The molecule has 6 heteroatoms. The van der Waals surface area contributed by atoms with Gasteiger partial charge in [-0.15, -0.1) is 0 Å². The fourth-order valence-electron chi connectivity index (χ4n) is 1.19. The first kappa shape index (κ1) is 15.3. The number of rotatable bonds is 3. The average Bonchev–Trinajstić information content (AvgIpc) is 2.33. The van der Waals surface area contributed by atoms with Crippen molar-refractivity contribution in [3.8, 4) is 0 Å². The van der Waals surface area contributed by atoms with E-state index >= 15 is 0 Å². The summed E-state index contributed by atoms with van der Waals surface area (Å²) in [6, 6.07) is 7.38. The van der Waals surface area contributed by atoms with Crippen LogP contribution in [0.1, 0.15) is 13.8 Å². The lowest BCUT2D eigenvalue weighted by Crippen LogP contribution is -2.32. The van der Waals surface area contributed by atoms with Crippen molar-refractivity contribution in [2.75, 3.05) is 17.6 Å². The van der Waals surface area contributed by atoms with E-state index in [0.29, 0.717) is 10.1 Å². The Bertz CT molecular complexity index is 418. The second-order valence-electron chi connectivity index (χ2n) is 3.30. The monoisotopic (exact) mass is 301 g/mol. The third-order valence-corrected chi connectivity index (χ3v) is 3.15. The second-order valence-corrected chi connectivity index (χ2v) is 5.40. The molecule has 0 radical (unpaired) electrons. The lowest BCUT2D eigenvalue weighted by molar-refractivity contribution is 1.12. The molecule has 1 rings (SSSR count). The van der Waals surface area contributed by atoms with E-state index in [2.05, 4.69) is 22.5 Å². The van der Waals surface area contributed by atoms with E-state index in [1.165, 1.54) is 0 Å². The van der Waals surface area contributed by atoms with E-state index < -0.39 is 0 Å². The molecule has 0 amide bonds. The molecule has 0 atom stereocenters. The highest BCUT2D eigenvalue weighted by molar-refractivity contribution is 8.13. The van der Waals surface area contributed by atoms with Crippen LogP contribution < -0.4 is 10.6 Å². The number of nitrogens with zero attached hydrogens (tertiary/aromatic N) is 1. The normalized spacial score (nSPS) is 11.2. The number of hydrogen-bond donors (Lipinski definition) is 2. The minimum Gasteiger partial charge on any atom is -0.332 e. The first-order valence-corrected chi connectivity index (χ1v) is 7.43. The number of aliphatic imine (C=N–C) groups is 1. The van der Waals surface area contributed by atoms with Crippen LogP contribution in [0.3, 0.4) is 0 Å². The van der Waals surface area contributed by atoms with Crippen molar-refractivity contribution in [1.29, 1.82) is 0 Å². The second kappa shape index (κ2) is 8.34. The number of nitrogens with one attached hydrogen (secondary N) is 2. The Morgan fingerprint density at radius 1 is 1.33 bits per heavy atom. The minimum atomic E-state index is 0.533. The predicted molar refractivity (Wildman–Crippen MR) is 86.9 cm³/mol. The topological polar surface area (TPSA) is 36.4 Å². The number of amidine groups is 1. The lowest BCUT2D eigenvalue weighted by atomic mass is 10.3. The molecule has 0 spiro atoms. The molecule has 1 aromatic carbocycles. The molecule has 0 saturated carbocycles. The smallest absolute Gasteiger partial charge is 0.176 e. The zero-order chi connectivity index (χ0) is 13.4. The van der Waals surface area contributed by atoms with Crippen molar-refractivity contribution in [3.05, 3.63) is 29.3 Å². The Balaban J connectivity index is 2.54. The molecule has 0 unspecified atom stereocenters. The summed E-state index contributed by atoms with van der Waals surface area (Å²) >= 11 is 12.7. The van der Waals surface area contributed by atoms with Crippen LogP contribution in [0.25, 0.3) is 0 Å². The van der Waals surface area contributed by atoms with Crippen LogP contribution in [0, 0.1) is 0 Å². The number of anilines is 1. The van der Waals surface area contributed by atoms with Crippen molar-refractivity contribution >= 4 is 51.5 Å². The quantitative estimate of drug-likeness (QED) is 0.506. The molecule has 0 heterocycles. The largest absolute Gasteiger partial charge is 0.332 e. The summed E-state index contributed by atoms with van der Waals surface area (Å²) in [5, 5.41) is 8.24. The van der Waals surface area contributed by atoms with Gasteiger partial charge in [0, 0.05) is 17.3 Å². The molecule has 18 heavy (non-hydrogen) atoms. The predicted octanol–water partition coefficient (Wildman–Crippen LogP) is 3.76. The highest BCUT2D eigenvalue weighted by atomic mass is 35.5. The summed E-state index contributed by atoms with van der Waals surface area (Å²) in [7, 11) is 0. The minimum absolute atomic E-state index is 0.533. The van der Waals surface area contributed by atoms with Crippen molar-refractivity contribution in [1.82, 2.24) is 5.32 Å². The van der Waals surface area contributed by atoms with Crippen molar-refractivity contribution in [3.63, 3.8) is 0 Å². The third kappa shape index (κ3) is 5.71. The van der Waals surface area contributed by atoms with Gasteiger partial charge >= 0.3 is 0 Å². The van der Waals surface area contributed by atoms with Gasteiger partial charge in [0.2, 0.25) is 0 Å². The van der Waals surface area contributed by atoms with Gasteiger partial charge in [0.25, 0.3) is 0 Å². The van der Waals surface area contributed by atoms with E-state index in [4.69, 9.17) is 23.8 Å². The molecular weight excluding hydrogens is 286 g/mol. The van der Waals surface area contributed by atoms with Crippen LogP contribution in [0.5, 0.6) is 0 Å². The van der Waals surface area contributed by atoms with E-state index in [9.17, 15) is 0 Å². The molecule has 98 valence electrons. The SMILES string of the molecule is CCN=C(NC(=S)Nc1ccc(Cl)cc1)SCC. The van der Waals surface area contributed by atoms with Gasteiger partial charge < -0.3 is 10.6 Å². The molecule has 0 aliphatic carbocycles. The average molecular weight is 302 g/mol. The molecule has 0 bridgehead atoms. The van der Waals surface area contributed by atoms with Crippen molar-refractivity contribution in [2.45, 2.75) is 13.8 Å². The van der Waals surface area contributed by atoms with Gasteiger partial charge in [-0.3, -0.25) is 4.99 Å². The maximum absolute atomic E-state index is 5.82. The maximum atomic E-state index is 5.82. The Hall–Kier alpha value is -0.780. The molecule has 1 aromatic rings. The molecular formula is C12H16ClN3S2. The van der Waals surface area contributed by atoms with Crippen molar-refractivity contribution < 1.29 is 0 Å². The van der Waals surface area contributed by atoms with Crippen LogP contribution in [0.4, 0.5) is 5.69 Å². The summed E-state index contributed by atoms with van der Waals surface area (Å²) in [4.78, 5) is 4.33. The fraction of sp³-hybridized carbons (Fsp3) is 0.333. The Labute approximate surface area is 122 Å². The van der Waals surface area contributed by atoms with Gasteiger partial charge in [-0.1, -0.05) is 30.3 Å². The van der Waals surface area contributed by atoms with Gasteiger partial charge in [-0.05, 0) is 49.2 Å². The zero-order valence-corrected chi connectivity index (χ0v) is 12.8. The number of benzene rings is 1. The summed E-state index contributed by atoms with van der Waals surface area (Å²) < 4.78 is 0. The first-order valence-electron chi connectivity index (χ1n) is 5.66. The van der Waals surface area contributed by atoms with E-state index in [1.54, 1.807) is 11.8 Å².